The van der Waals surface area contributed by atoms with Gasteiger partial charge in [0.05, 0.1) is 11.1 Å². The molecule has 1 aromatic heterocycles. The molecule has 0 aliphatic heterocycles. The maximum atomic E-state index is 12.5. The van der Waals surface area contributed by atoms with E-state index < -0.39 is 5.97 Å². The summed E-state index contributed by atoms with van der Waals surface area (Å²) in [6, 6.07) is 3.67. The average Bonchev–Trinajstić information content (AvgIpc) is 3.47. The summed E-state index contributed by atoms with van der Waals surface area (Å²) < 4.78 is 5.20. The SMILES string of the molecule is C=C(C)CN(CC)C(=O)COC(=O)c1cc(C2CC2)nc(SC)c1C#N. The molecular weight excluding hydrogens is 350 g/mol. The van der Waals surface area contributed by atoms with Crippen LogP contribution in [0, 0.1) is 11.3 Å². The Morgan fingerprint density at radius 3 is 2.69 bits per heavy atom. The summed E-state index contributed by atoms with van der Waals surface area (Å²) in [5.74, 6) is -0.613. The monoisotopic (exact) mass is 373 g/mol. The van der Waals surface area contributed by atoms with Crippen molar-refractivity contribution in [1.82, 2.24) is 9.88 Å². The van der Waals surface area contributed by atoms with Crippen molar-refractivity contribution in [2.75, 3.05) is 26.0 Å². The third kappa shape index (κ3) is 4.85. The minimum atomic E-state index is -0.666. The van der Waals surface area contributed by atoms with Gasteiger partial charge in [-0.25, -0.2) is 9.78 Å². The number of likely N-dealkylation sites (N-methyl/N-ethyl adjacent to an activating group) is 1. The standard InChI is InChI=1S/C19H23N3O3S/c1-5-22(10-12(2)3)17(23)11-25-19(24)14-8-16(13-6-7-13)21-18(26-4)15(14)9-20/h8,13H,2,5-7,10-11H2,1,3-4H3. The average molecular weight is 373 g/mol. The van der Waals surface area contributed by atoms with Gasteiger partial charge >= 0.3 is 5.97 Å². The maximum Gasteiger partial charge on any atom is 0.340 e. The lowest BCUT2D eigenvalue weighted by atomic mass is 10.1. The Hall–Kier alpha value is -2.33. The Balaban J connectivity index is 2.16. The molecule has 1 aliphatic carbocycles. The van der Waals surface area contributed by atoms with E-state index in [-0.39, 0.29) is 23.6 Å². The third-order valence-corrected chi connectivity index (χ3v) is 4.73. The molecule has 7 heteroatoms. The Kier molecular flexibility index (Phi) is 6.81. The van der Waals surface area contributed by atoms with Crippen LogP contribution in [0.15, 0.2) is 23.2 Å². The molecule has 0 spiro atoms. The number of rotatable bonds is 8. The first-order valence-corrected chi connectivity index (χ1v) is 9.72. The van der Waals surface area contributed by atoms with E-state index in [0.29, 0.717) is 24.0 Å². The van der Waals surface area contributed by atoms with Crippen LogP contribution in [0.2, 0.25) is 0 Å². The number of hydrogen-bond donors (Lipinski definition) is 0. The van der Waals surface area contributed by atoms with Crippen LogP contribution < -0.4 is 0 Å². The number of aromatic nitrogens is 1. The Morgan fingerprint density at radius 2 is 2.19 bits per heavy atom. The molecule has 26 heavy (non-hydrogen) atoms. The highest BCUT2D eigenvalue weighted by molar-refractivity contribution is 7.98. The molecule has 0 bridgehead atoms. The molecule has 6 nitrogen and oxygen atoms in total. The first-order chi connectivity index (χ1) is 12.4. The summed E-state index contributed by atoms with van der Waals surface area (Å²) in [5.41, 5.74) is 2.05. The van der Waals surface area contributed by atoms with Gasteiger partial charge in [-0.05, 0) is 39.0 Å². The zero-order valence-corrected chi connectivity index (χ0v) is 16.2. The third-order valence-electron chi connectivity index (χ3n) is 4.05. The predicted molar refractivity (Wildman–Crippen MR) is 100 cm³/mol. The van der Waals surface area contributed by atoms with E-state index in [0.717, 1.165) is 24.1 Å². The van der Waals surface area contributed by atoms with Crippen LogP contribution >= 0.6 is 11.8 Å². The van der Waals surface area contributed by atoms with Crippen LogP contribution in [0.25, 0.3) is 0 Å². The number of pyridine rings is 1. The molecule has 1 saturated carbocycles. The smallest absolute Gasteiger partial charge is 0.340 e. The van der Waals surface area contributed by atoms with Gasteiger partial charge in [-0.3, -0.25) is 4.79 Å². The number of hydrogen-bond acceptors (Lipinski definition) is 6. The molecule has 0 radical (unpaired) electrons. The van der Waals surface area contributed by atoms with E-state index >= 15 is 0 Å². The lowest BCUT2D eigenvalue weighted by Gasteiger charge is -2.20. The predicted octanol–water partition coefficient (Wildman–Crippen LogP) is 3.13. The van der Waals surface area contributed by atoms with E-state index in [4.69, 9.17) is 4.74 Å². The number of carbonyl (C=O) groups excluding carboxylic acids is 2. The Bertz CT molecular complexity index is 766. The number of ether oxygens (including phenoxy) is 1. The van der Waals surface area contributed by atoms with Gasteiger partial charge in [-0.2, -0.15) is 5.26 Å². The van der Waals surface area contributed by atoms with Crippen LogP contribution in [0.5, 0.6) is 0 Å². The second kappa shape index (κ2) is 8.86. The molecule has 2 rings (SSSR count). The van der Waals surface area contributed by atoms with Gasteiger partial charge in [0.1, 0.15) is 11.1 Å². The van der Waals surface area contributed by atoms with Crippen molar-refractivity contribution >= 4 is 23.6 Å². The number of amides is 1. The zero-order chi connectivity index (χ0) is 19.3. The quantitative estimate of drug-likeness (QED) is 0.395. The van der Waals surface area contributed by atoms with Crippen molar-refractivity contribution in [1.29, 1.82) is 5.26 Å². The fraction of sp³-hybridized carbons (Fsp3) is 0.474. The zero-order valence-electron chi connectivity index (χ0n) is 15.4. The van der Waals surface area contributed by atoms with Crippen molar-refractivity contribution in [3.8, 4) is 6.07 Å². The molecule has 0 N–H and O–H groups in total. The van der Waals surface area contributed by atoms with Crippen molar-refractivity contribution in [3.05, 3.63) is 35.0 Å². The molecule has 1 fully saturated rings. The summed E-state index contributed by atoms with van der Waals surface area (Å²) in [7, 11) is 0. The van der Waals surface area contributed by atoms with Gasteiger partial charge in [0.15, 0.2) is 6.61 Å². The van der Waals surface area contributed by atoms with E-state index in [1.165, 1.54) is 11.8 Å². The topological polar surface area (TPSA) is 83.3 Å². The molecule has 0 unspecified atom stereocenters. The van der Waals surface area contributed by atoms with Crippen molar-refractivity contribution in [2.24, 2.45) is 0 Å². The molecule has 0 aromatic carbocycles. The molecule has 1 aliphatic rings. The van der Waals surface area contributed by atoms with Crippen molar-refractivity contribution in [3.63, 3.8) is 0 Å². The Morgan fingerprint density at radius 1 is 1.50 bits per heavy atom. The normalized spacial score (nSPS) is 13.0. The van der Waals surface area contributed by atoms with Crippen LogP contribution in [0.3, 0.4) is 0 Å². The lowest BCUT2D eigenvalue weighted by molar-refractivity contribution is -0.133. The summed E-state index contributed by atoms with van der Waals surface area (Å²) in [4.78, 5) is 30.8. The van der Waals surface area contributed by atoms with Crippen LogP contribution in [0.4, 0.5) is 0 Å². The number of carbonyl (C=O) groups is 2. The molecule has 1 heterocycles. The summed E-state index contributed by atoms with van der Waals surface area (Å²) in [5, 5.41) is 9.95. The second-order valence-corrected chi connectivity index (χ2v) is 7.10. The molecule has 0 saturated heterocycles. The Labute approximate surface area is 158 Å². The largest absolute Gasteiger partial charge is 0.452 e. The van der Waals surface area contributed by atoms with E-state index in [2.05, 4.69) is 11.6 Å². The second-order valence-electron chi connectivity index (χ2n) is 6.31. The minimum Gasteiger partial charge on any atom is -0.452 e. The fourth-order valence-corrected chi connectivity index (χ4v) is 3.10. The van der Waals surface area contributed by atoms with E-state index in [1.807, 2.05) is 26.2 Å². The van der Waals surface area contributed by atoms with Crippen LogP contribution in [-0.2, 0) is 9.53 Å². The highest BCUT2D eigenvalue weighted by Gasteiger charge is 2.29. The van der Waals surface area contributed by atoms with Crippen molar-refractivity contribution in [2.45, 2.75) is 37.6 Å². The molecule has 138 valence electrons. The van der Waals surface area contributed by atoms with Crippen molar-refractivity contribution < 1.29 is 14.3 Å². The van der Waals surface area contributed by atoms with Gasteiger partial charge in [0, 0.05) is 24.7 Å². The molecule has 1 aromatic rings. The van der Waals surface area contributed by atoms with Crippen LogP contribution in [-0.4, -0.2) is 47.7 Å². The van der Waals surface area contributed by atoms with Gasteiger partial charge in [0.25, 0.3) is 5.91 Å². The summed E-state index contributed by atoms with van der Waals surface area (Å²) in [6.45, 7) is 8.05. The molecule has 0 atom stereocenters. The van der Waals surface area contributed by atoms with Gasteiger partial charge in [0.2, 0.25) is 0 Å². The first-order valence-electron chi connectivity index (χ1n) is 8.49. The lowest BCUT2D eigenvalue weighted by Crippen LogP contribution is -2.35. The van der Waals surface area contributed by atoms with Crippen LogP contribution in [0.1, 0.15) is 54.2 Å². The van der Waals surface area contributed by atoms with E-state index in [1.54, 1.807) is 11.0 Å². The van der Waals surface area contributed by atoms with Gasteiger partial charge in [-0.1, -0.05) is 12.2 Å². The molecular formula is C19H23N3O3S. The number of nitriles is 1. The number of nitrogens with zero attached hydrogens (tertiary/aromatic N) is 3. The van der Waals surface area contributed by atoms with E-state index in [9.17, 15) is 14.9 Å². The summed E-state index contributed by atoms with van der Waals surface area (Å²) in [6.07, 6.45) is 3.88. The molecule has 1 amide bonds. The van der Waals surface area contributed by atoms with Gasteiger partial charge in [-0.15, -0.1) is 11.8 Å². The number of esters is 1. The number of thioether (sulfide) groups is 1. The minimum absolute atomic E-state index is 0.185. The highest BCUT2D eigenvalue weighted by atomic mass is 32.2. The maximum absolute atomic E-state index is 12.5. The highest BCUT2D eigenvalue weighted by Crippen LogP contribution is 2.40. The van der Waals surface area contributed by atoms with Gasteiger partial charge < -0.3 is 9.64 Å². The fourth-order valence-electron chi connectivity index (χ4n) is 2.54. The summed E-state index contributed by atoms with van der Waals surface area (Å²) >= 11 is 1.32. The first kappa shape index (κ1) is 20.0.